The Labute approximate surface area is 307 Å². The van der Waals surface area contributed by atoms with Gasteiger partial charge in [0.1, 0.15) is 23.3 Å². The summed E-state index contributed by atoms with van der Waals surface area (Å²) >= 11 is 0. The van der Waals surface area contributed by atoms with E-state index in [1.807, 2.05) is 80.1 Å². The Morgan fingerprint density at radius 2 is 1.66 bits per heavy atom. The predicted molar refractivity (Wildman–Crippen MR) is 203 cm³/mol. The average molecular weight is 707 g/mol. The van der Waals surface area contributed by atoms with Crippen LogP contribution >= 0.6 is 0 Å². The van der Waals surface area contributed by atoms with Crippen molar-refractivity contribution >= 4 is 44.9 Å². The smallest absolute Gasteiger partial charge is 0.411 e. The van der Waals surface area contributed by atoms with E-state index in [1.54, 1.807) is 12.1 Å². The molecule has 3 unspecified atom stereocenters. The highest BCUT2D eigenvalue weighted by molar-refractivity contribution is 6.04. The van der Waals surface area contributed by atoms with E-state index in [1.165, 1.54) is 0 Å². The maximum Gasteiger partial charge on any atom is 0.411 e. The molecule has 3 heterocycles. The highest BCUT2D eigenvalue weighted by Crippen LogP contribution is 2.53. The van der Waals surface area contributed by atoms with E-state index in [9.17, 15) is 9.59 Å². The number of carbonyl (C=O) groups excluding carboxylic acids is 2. The molecule has 9 rings (SSSR count). The quantitative estimate of drug-likeness (QED) is 0.167. The molecule has 6 aromatic rings. The van der Waals surface area contributed by atoms with Crippen LogP contribution in [-0.2, 0) is 9.57 Å². The molecular formula is C43H42N6O4. The first-order valence-corrected chi connectivity index (χ1v) is 18.5. The molecule has 1 amide bonds. The molecule has 1 saturated heterocycles. The number of carbonyl (C=O) groups is 2. The van der Waals surface area contributed by atoms with E-state index < -0.39 is 5.60 Å². The van der Waals surface area contributed by atoms with E-state index in [2.05, 4.69) is 53.0 Å². The van der Waals surface area contributed by atoms with Crippen LogP contribution < -0.4 is 0 Å². The molecule has 1 aliphatic heterocycles. The SMILES string of the molecule is CC1CC1N(C(=O)OC(C)(C)C)[C@@H](C)c1nc2ccc(C#Cc3ccc4c(ccc5[nH]c([C@@H]6CC7C[C@H]7N6OC(=O)c6ccccc6)nc54)c3)cc2[nH]1. The van der Waals surface area contributed by atoms with Crippen molar-refractivity contribution in [1.82, 2.24) is 29.9 Å². The Morgan fingerprint density at radius 1 is 0.906 bits per heavy atom. The van der Waals surface area contributed by atoms with Crippen LogP contribution in [0.25, 0.3) is 32.8 Å². The van der Waals surface area contributed by atoms with Gasteiger partial charge in [0, 0.05) is 22.6 Å². The molecule has 0 radical (unpaired) electrons. The van der Waals surface area contributed by atoms with Gasteiger partial charge in [0.05, 0.1) is 39.7 Å². The standard InChI is InChI=1S/C43H42N6O4/c1-24-19-35(24)48(42(51)52-43(3,4)5)25(2)39-44-32-17-14-27(21-34(32)46-39)12-11-26-13-16-31-29(20-26)15-18-33-38(31)47-40(45-33)37-23-30-22-36(30)49(37)53-41(50)28-9-7-6-8-10-28/h6-10,13-18,20-21,24-25,30,35-37H,19,22-23H2,1-5H3,(H,44,46)(H,45,47)/t24?,25-,30?,35?,36+,37-/m0/s1. The molecule has 10 heteroatoms. The molecule has 10 nitrogen and oxygen atoms in total. The van der Waals surface area contributed by atoms with Crippen molar-refractivity contribution in [3.8, 4) is 11.8 Å². The van der Waals surface area contributed by atoms with Crippen molar-refractivity contribution < 1.29 is 19.2 Å². The number of aromatic nitrogens is 4. The molecule has 6 atom stereocenters. The van der Waals surface area contributed by atoms with E-state index in [4.69, 9.17) is 19.5 Å². The summed E-state index contributed by atoms with van der Waals surface area (Å²) in [5, 5.41) is 3.95. The second-order valence-electron chi connectivity index (χ2n) is 15.9. The maximum absolute atomic E-state index is 13.2. The molecule has 268 valence electrons. The van der Waals surface area contributed by atoms with Crippen LogP contribution in [-0.4, -0.2) is 59.6 Å². The van der Waals surface area contributed by atoms with Gasteiger partial charge in [-0.1, -0.05) is 49.1 Å². The van der Waals surface area contributed by atoms with Gasteiger partial charge in [-0.05, 0) is 113 Å². The van der Waals surface area contributed by atoms with Gasteiger partial charge in [0.25, 0.3) is 0 Å². The summed E-state index contributed by atoms with van der Waals surface area (Å²) in [6.45, 7) is 9.82. The van der Waals surface area contributed by atoms with Crippen LogP contribution in [0.2, 0.25) is 0 Å². The summed E-state index contributed by atoms with van der Waals surface area (Å²) in [6, 6.07) is 25.4. The van der Waals surface area contributed by atoms with Gasteiger partial charge in [-0.3, -0.25) is 4.90 Å². The Bertz CT molecular complexity index is 2470. The second-order valence-corrected chi connectivity index (χ2v) is 15.9. The first kappa shape index (κ1) is 33.2. The van der Waals surface area contributed by atoms with Crippen LogP contribution in [0.1, 0.15) is 99.1 Å². The highest BCUT2D eigenvalue weighted by atomic mass is 16.7. The van der Waals surface area contributed by atoms with Gasteiger partial charge in [0.15, 0.2) is 0 Å². The third kappa shape index (κ3) is 6.40. The summed E-state index contributed by atoms with van der Waals surface area (Å²) in [6.07, 6.45) is 2.59. The van der Waals surface area contributed by atoms with Crippen LogP contribution in [0.3, 0.4) is 0 Å². The number of amides is 1. The summed E-state index contributed by atoms with van der Waals surface area (Å²) in [7, 11) is 0. The third-order valence-electron chi connectivity index (χ3n) is 10.7. The number of hydrogen-bond acceptors (Lipinski definition) is 7. The molecule has 3 fully saturated rings. The first-order chi connectivity index (χ1) is 25.5. The van der Waals surface area contributed by atoms with Gasteiger partial charge >= 0.3 is 12.1 Å². The molecule has 2 aromatic heterocycles. The molecule has 3 aliphatic rings. The molecule has 0 spiro atoms. The zero-order valence-electron chi connectivity index (χ0n) is 30.5. The minimum atomic E-state index is -0.575. The second kappa shape index (κ2) is 12.5. The van der Waals surface area contributed by atoms with Crippen LogP contribution in [0.15, 0.2) is 78.9 Å². The molecule has 4 aromatic carbocycles. The molecule has 53 heavy (non-hydrogen) atoms. The highest BCUT2D eigenvalue weighted by Gasteiger charge is 2.55. The van der Waals surface area contributed by atoms with E-state index in [0.29, 0.717) is 17.4 Å². The summed E-state index contributed by atoms with van der Waals surface area (Å²) in [5.74, 6) is 8.81. The largest absolute Gasteiger partial charge is 0.444 e. The lowest BCUT2D eigenvalue weighted by Crippen LogP contribution is -2.40. The number of imidazole rings is 2. The fourth-order valence-corrected chi connectivity index (χ4v) is 7.73. The van der Waals surface area contributed by atoms with Crippen molar-refractivity contribution in [2.45, 2.75) is 83.6 Å². The number of nitrogens with one attached hydrogen (secondary N) is 2. The number of hydroxylamine groups is 2. The number of rotatable bonds is 6. The fraction of sp³-hybridized carbons (Fsp3) is 0.349. The number of nitrogens with zero attached hydrogens (tertiary/aromatic N) is 4. The number of benzene rings is 4. The monoisotopic (exact) mass is 706 g/mol. The predicted octanol–water partition coefficient (Wildman–Crippen LogP) is 8.61. The lowest BCUT2D eigenvalue weighted by molar-refractivity contribution is -0.136. The van der Waals surface area contributed by atoms with Crippen molar-refractivity contribution in [2.24, 2.45) is 11.8 Å². The number of ether oxygens (including phenoxy) is 1. The van der Waals surface area contributed by atoms with Gasteiger partial charge in [-0.2, -0.15) is 0 Å². The molecular weight excluding hydrogens is 665 g/mol. The normalized spacial score (nSPS) is 22.6. The summed E-state index contributed by atoms with van der Waals surface area (Å²) in [4.78, 5) is 50.8. The van der Waals surface area contributed by atoms with Crippen molar-refractivity contribution in [1.29, 1.82) is 0 Å². The van der Waals surface area contributed by atoms with Crippen LogP contribution in [0, 0.1) is 23.7 Å². The van der Waals surface area contributed by atoms with Crippen molar-refractivity contribution in [2.75, 3.05) is 0 Å². The average Bonchev–Trinajstić information content (AvgIpc) is 3.87. The molecule has 2 N–H and O–H groups in total. The Morgan fingerprint density at radius 3 is 2.42 bits per heavy atom. The lowest BCUT2D eigenvalue weighted by Gasteiger charge is -2.31. The maximum atomic E-state index is 13.2. The minimum Gasteiger partial charge on any atom is -0.444 e. The van der Waals surface area contributed by atoms with E-state index >= 15 is 0 Å². The first-order valence-electron chi connectivity index (χ1n) is 18.5. The minimum absolute atomic E-state index is 0.115. The van der Waals surface area contributed by atoms with E-state index in [-0.39, 0.29) is 36.2 Å². The molecule has 2 aliphatic carbocycles. The summed E-state index contributed by atoms with van der Waals surface area (Å²) < 4.78 is 5.77. The number of hydrogen-bond donors (Lipinski definition) is 2. The van der Waals surface area contributed by atoms with Crippen molar-refractivity contribution in [3.05, 3.63) is 107 Å². The number of fused-ring (bicyclic) bond motifs is 5. The fourth-order valence-electron chi connectivity index (χ4n) is 7.73. The van der Waals surface area contributed by atoms with E-state index in [0.717, 1.165) is 74.9 Å². The zero-order chi connectivity index (χ0) is 36.6. The number of piperidine rings is 1. The Kier molecular flexibility index (Phi) is 7.82. The number of H-pyrrole nitrogens is 2. The number of aromatic amines is 2. The lowest BCUT2D eigenvalue weighted by atomic mass is 10.1. The topological polar surface area (TPSA) is 116 Å². The van der Waals surface area contributed by atoms with Gasteiger partial charge in [-0.15, -0.1) is 5.06 Å². The summed E-state index contributed by atoms with van der Waals surface area (Å²) in [5.41, 5.74) is 5.26. The molecule has 2 saturated carbocycles. The van der Waals surface area contributed by atoms with Gasteiger partial charge in [-0.25, -0.2) is 19.6 Å². The Balaban J connectivity index is 0.935. The third-order valence-corrected chi connectivity index (χ3v) is 10.7. The van der Waals surface area contributed by atoms with Gasteiger partial charge < -0.3 is 19.5 Å². The zero-order valence-corrected chi connectivity index (χ0v) is 30.5. The molecule has 0 bridgehead atoms. The van der Waals surface area contributed by atoms with Crippen LogP contribution in [0.5, 0.6) is 0 Å². The van der Waals surface area contributed by atoms with Crippen molar-refractivity contribution in [3.63, 3.8) is 0 Å². The van der Waals surface area contributed by atoms with Gasteiger partial charge in [0.2, 0.25) is 0 Å². The Hall–Kier alpha value is -5.66. The van der Waals surface area contributed by atoms with Crippen LogP contribution in [0.4, 0.5) is 4.79 Å².